The number of nitrogens with one attached hydrogen (secondary N) is 1. The Morgan fingerprint density at radius 3 is 2.61 bits per heavy atom. The predicted octanol–water partition coefficient (Wildman–Crippen LogP) is 3.18. The van der Waals surface area contributed by atoms with Crippen LogP contribution in [0.25, 0.3) is 0 Å². The van der Waals surface area contributed by atoms with Crippen molar-refractivity contribution in [2.75, 3.05) is 12.0 Å². The topological polar surface area (TPSA) is 46.2 Å². The van der Waals surface area contributed by atoms with Crippen molar-refractivity contribution in [2.45, 2.75) is 31.2 Å². The average Bonchev–Trinajstić information content (AvgIpc) is 2.31. The fourth-order valence-corrected chi connectivity index (χ4v) is 3.99. The molecule has 0 aromatic heterocycles. The normalized spacial score (nSPS) is 13.6. The molecular formula is C12H18BrNO2S2. The Kier molecular flexibility index (Phi) is 6.17. The minimum atomic E-state index is -3.42. The van der Waals surface area contributed by atoms with Crippen LogP contribution in [0.15, 0.2) is 27.6 Å². The molecule has 0 aliphatic heterocycles. The zero-order valence-corrected chi connectivity index (χ0v) is 14.0. The van der Waals surface area contributed by atoms with Crippen LogP contribution in [0.1, 0.15) is 18.9 Å². The molecule has 1 atom stereocenters. The van der Waals surface area contributed by atoms with Gasteiger partial charge in [-0.05, 0) is 43.4 Å². The third kappa shape index (κ3) is 4.26. The molecule has 1 unspecified atom stereocenters. The van der Waals surface area contributed by atoms with E-state index in [0.29, 0.717) is 4.90 Å². The highest BCUT2D eigenvalue weighted by molar-refractivity contribution is 9.10. The second-order valence-corrected chi connectivity index (χ2v) is 7.57. The van der Waals surface area contributed by atoms with Crippen molar-refractivity contribution >= 4 is 37.7 Å². The highest BCUT2D eigenvalue weighted by Gasteiger charge is 2.19. The van der Waals surface area contributed by atoms with E-state index >= 15 is 0 Å². The molecule has 0 fully saturated rings. The average molecular weight is 352 g/mol. The Balaban J connectivity index is 2.95. The zero-order valence-electron chi connectivity index (χ0n) is 10.7. The van der Waals surface area contributed by atoms with Crippen molar-refractivity contribution in [1.29, 1.82) is 0 Å². The molecule has 18 heavy (non-hydrogen) atoms. The highest BCUT2D eigenvalue weighted by Crippen LogP contribution is 2.20. The number of aryl methyl sites for hydroxylation is 1. The largest absolute Gasteiger partial charge is 0.240 e. The first-order valence-corrected chi connectivity index (χ1v) is 9.35. The molecule has 0 amide bonds. The summed E-state index contributed by atoms with van der Waals surface area (Å²) in [6.07, 6.45) is 2.76. The van der Waals surface area contributed by atoms with Gasteiger partial charge in [0.2, 0.25) is 10.0 Å². The van der Waals surface area contributed by atoms with Crippen molar-refractivity contribution in [2.24, 2.45) is 0 Å². The lowest BCUT2D eigenvalue weighted by Crippen LogP contribution is -2.36. The Labute approximate surface area is 122 Å². The fourth-order valence-electron chi connectivity index (χ4n) is 1.51. The number of rotatable bonds is 6. The van der Waals surface area contributed by atoms with E-state index in [-0.39, 0.29) is 6.04 Å². The summed E-state index contributed by atoms with van der Waals surface area (Å²) in [4.78, 5) is 0.322. The maximum Gasteiger partial charge on any atom is 0.240 e. The van der Waals surface area contributed by atoms with E-state index in [1.807, 2.05) is 20.1 Å². The molecule has 0 aliphatic rings. The second-order valence-electron chi connectivity index (χ2n) is 4.09. The van der Waals surface area contributed by atoms with Crippen LogP contribution in [-0.2, 0) is 10.0 Å². The van der Waals surface area contributed by atoms with Crippen LogP contribution in [0, 0.1) is 6.92 Å². The van der Waals surface area contributed by atoms with Crippen LogP contribution in [0.4, 0.5) is 0 Å². The molecule has 0 bridgehead atoms. The van der Waals surface area contributed by atoms with Crippen LogP contribution in [0.2, 0.25) is 0 Å². The van der Waals surface area contributed by atoms with Gasteiger partial charge in [-0.25, -0.2) is 13.1 Å². The number of sulfonamides is 1. The molecule has 0 saturated heterocycles. The Morgan fingerprint density at radius 2 is 2.11 bits per heavy atom. The van der Waals surface area contributed by atoms with Gasteiger partial charge >= 0.3 is 0 Å². The van der Waals surface area contributed by atoms with Gasteiger partial charge in [0.15, 0.2) is 0 Å². The number of thioether (sulfide) groups is 1. The summed E-state index contributed by atoms with van der Waals surface area (Å²) in [5, 5.41) is 0. The number of hydrogen-bond acceptors (Lipinski definition) is 3. The van der Waals surface area contributed by atoms with E-state index in [1.165, 1.54) is 0 Å². The van der Waals surface area contributed by atoms with Gasteiger partial charge < -0.3 is 0 Å². The van der Waals surface area contributed by atoms with Crippen molar-refractivity contribution in [3.05, 3.63) is 28.2 Å². The summed E-state index contributed by atoms with van der Waals surface area (Å²) >= 11 is 5.01. The SMILES string of the molecule is CCC(CSC)NS(=O)(=O)c1ccc(Br)c(C)c1. The summed E-state index contributed by atoms with van der Waals surface area (Å²) in [6, 6.07) is 5.04. The van der Waals surface area contributed by atoms with E-state index in [4.69, 9.17) is 0 Å². The van der Waals surface area contributed by atoms with Crippen molar-refractivity contribution in [3.63, 3.8) is 0 Å². The van der Waals surface area contributed by atoms with Gasteiger partial charge in [-0.3, -0.25) is 0 Å². The summed E-state index contributed by atoms with van der Waals surface area (Å²) in [5.41, 5.74) is 0.913. The molecule has 1 rings (SSSR count). The van der Waals surface area contributed by atoms with Crippen LogP contribution in [0.5, 0.6) is 0 Å². The van der Waals surface area contributed by atoms with E-state index in [0.717, 1.165) is 22.2 Å². The maximum absolute atomic E-state index is 12.2. The van der Waals surface area contributed by atoms with Gasteiger partial charge in [-0.15, -0.1) is 0 Å². The molecule has 1 aromatic carbocycles. The molecule has 102 valence electrons. The first-order valence-electron chi connectivity index (χ1n) is 5.68. The van der Waals surface area contributed by atoms with Gasteiger partial charge in [0, 0.05) is 16.3 Å². The molecule has 0 radical (unpaired) electrons. The molecule has 1 N–H and O–H groups in total. The second kappa shape index (κ2) is 6.93. The molecule has 3 nitrogen and oxygen atoms in total. The lowest BCUT2D eigenvalue weighted by Gasteiger charge is -2.16. The van der Waals surface area contributed by atoms with Crippen molar-refractivity contribution < 1.29 is 8.42 Å². The Hall–Kier alpha value is -0.0400. The molecule has 0 aliphatic carbocycles. The van der Waals surface area contributed by atoms with E-state index in [1.54, 1.807) is 30.0 Å². The van der Waals surface area contributed by atoms with Gasteiger partial charge in [-0.2, -0.15) is 11.8 Å². The standard InChI is InChI=1S/C12H18BrNO2S2/c1-4-10(8-17-3)14-18(15,16)11-5-6-12(13)9(2)7-11/h5-7,10,14H,4,8H2,1-3H3. The van der Waals surface area contributed by atoms with Gasteiger partial charge in [0.05, 0.1) is 4.90 Å². The summed E-state index contributed by atoms with van der Waals surface area (Å²) in [6.45, 7) is 3.86. The minimum Gasteiger partial charge on any atom is -0.207 e. The molecular weight excluding hydrogens is 334 g/mol. The maximum atomic E-state index is 12.2. The quantitative estimate of drug-likeness (QED) is 0.855. The summed E-state index contributed by atoms with van der Waals surface area (Å²) < 4.78 is 28.1. The smallest absolute Gasteiger partial charge is 0.207 e. The third-order valence-electron chi connectivity index (χ3n) is 2.62. The van der Waals surface area contributed by atoms with Crippen molar-refractivity contribution in [3.8, 4) is 0 Å². The van der Waals surface area contributed by atoms with Crippen LogP contribution < -0.4 is 4.72 Å². The van der Waals surface area contributed by atoms with Gasteiger partial charge in [-0.1, -0.05) is 22.9 Å². The number of halogens is 1. The van der Waals surface area contributed by atoms with Crippen molar-refractivity contribution in [1.82, 2.24) is 4.72 Å². The van der Waals surface area contributed by atoms with E-state index in [9.17, 15) is 8.42 Å². The molecule has 1 aromatic rings. The number of benzene rings is 1. The van der Waals surface area contributed by atoms with E-state index < -0.39 is 10.0 Å². The first kappa shape index (κ1) is 16.0. The third-order valence-corrected chi connectivity index (χ3v) is 5.77. The molecule has 0 heterocycles. The highest BCUT2D eigenvalue weighted by atomic mass is 79.9. The van der Waals surface area contributed by atoms with Crippen LogP contribution in [0.3, 0.4) is 0 Å². The monoisotopic (exact) mass is 351 g/mol. The van der Waals surface area contributed by atoms with E-state index in [2.05, 4.69) is 20.7 Å². The Bertz CT molecular complexity index is 503. The minimum absolute atomic E-state index is 0.0195. The molecule has 6 heteroatoms. The van der Waals surface area contributed by atoms with Crippen LogP contribution in [-0.4, -0.2) is 26.5 Å². The summed E-state index contributed by atoms with van der Waals surface area (Å²) in [7, 11) is -3.42. The summed E-state index contributed by atoms with van der Waals surface area (Å²) in [5.74, 6) is 0.783. The Morgan fingerprint density at radius 1 is 1.44 bits per heavy atom. The molecule has 0 saturated carbocycles. The lowest BCUT2D eigenvalue weighted by atomic mass is 10.2. The zero-order chi connectivity index (χ0) is 13.8. The van der Waals surface area contributed by atoms with Crippen LogP contribution >= 0.6 is 27.7 Å². The predicted molar refractivity (Wildman–Crippen MR) is 81.7 cm³/mol. The fraction of sp³-hybridized carbons (Fsp3) is 0.500. The lowest BCUT2D eigenvalue weighted by molar-refractivity contribution is 0.558. The van der Waals surface area contributed by atoms with Gasteiger partial charge in [0.1, 0.15) is 0 Å². The molecule has 0 spiro atoms. The number of hydrogen-bond donors (Lipinski definition) is 1. The first-order chi connectivity index (χ1) is 8.40. The van der Waals surface area contributed by atoms with Gasteiger partial charge in [0.25, 0.3) is 0 Å².